The highest BCUT2D eigenvalue weighted by atomic mass is 32.2. The van der Waals surface area contributed by atoms with Crippen LogP contribution in [0.3, 0.4) is 0 Å². The summed E-state index contributed by atoms with van der Waals surface area (Å²) in [6, 6.07) is 8.86. The summed E-state index contributed by atoms with van der Waals surface area (Å²) in [4.78, 5) is 5.67. The van der Waals surface area contributed by atoms with Crippen molar-refractivity contribution in [1.29, 1.82) is 0 Å². The molecule has 0 radical (unpaired) electrons. The third kappa shape index (κ3) is 3.61. The lowest BCUT2D eigenvalue weighted by molar-refractivity contribution is 0.501. The fraction of sp³-hybridized carbons (Fsp3) is 0.467. The minimum atomic E-state index is 0.279. The number of nitrogens with zero attached hydrogens (tertiary/aromatic N) is 3. The monoisotopic (exact) mass is 290 g/mol. The van der Waals surface area contributed by atoms with Crippen LogP contribution >= 0.6 is 11.8 Å². The van der Waals surface area contributed by atoms with Crippen LogP contribution in [0.15, 0.2) is 35.5 Å². The Morgan fingerprint density at radius 3 is 2.80 bits per heavy atom. The first-order valence-corrected chi connectivity index (χ1v) is 8.18. The number of rotatable bonds is 7. The molecule has 1 aromatic heterocycles. The van der Waals surface area contributed by atoms with Gasteiger partial charge < -0.3 is 5.32 Å². The molecule has 0 saturated heterocycles. The molecule has 0 saturated carbocycles. The average Bonchev–Trinajstić information content (AvgIpc) is 2.88. The molecule has 4 nitrogen and oxygen atoms in total. The van der Waals surface area contributed by atoms with Crippen molar-refractivity contribution in [3.05, 3.63) is 42.0 Å². The van der Waals surface area contributed by atoms with E-state index < -0.39 is 0 Å². The molecule has 1 N–H and O–H groups in total. The molecule has 0 fully saturated rings. The van der Waals surface area contributed by atoms with Gasteiger partial charge in [0.25, 0.3) is 0 Å². The lowest BCUT2D eigenvalue weighted by Crippen LogP contribution is -2.25. The van der Waals surface area contributed by atoms with Gasteiger partial charge in [0.05, 0.1) is 0 Å². The van der Waals surface area contributed by atoms with Gasteiger partial charge in [-0.25, -0.2) is 4.98 Å². The molecule has 0 spiro atoms. The predicted octanol–water partition coefficient (Wildman–Crippen LogP) is 2.82. The molecule has 1 unspecified atom stereocenters. The summed E-state index contributed by atoms with van der Waals surface area (Å²) in [6.45, 7) is 3.19. The van der Waals surface area contributed by atoms with Gasteiger partial charge in [0.2, 0.25) is 0 Å². The van der Waals surface area contributed by atoms with E-state index in [1.807, 2.05) is 11.7 Å². The van der Waals surface area contributed by atoms with Gasteiger partial charge in [-0.3, -0.25) is 4.68 Å². The average molecular weight is 290 g/mol. The van der Waals surface area contributed by atoms with E-state index in [-0.39, 0.29) is 6.04 Å². The summed E-state index contributed by atoms with van der Waals surface area (Å²) in [5.41, 5.74) is 1.34. The van der Waals surface area contributed by atoms with E-state index in [1.165, 1.54) is 10.5 Å². The molecular weight excluding hydrogens is 268 g/mol. The third-order valence-electron chi connectivity index (χ3n) is 3.35. The highest BCUT2D eigenvalue weighted by Crippen LogP contribution is 2.27. The quantitative estimate of drug-likeness (QED) is 0.796. The van der Waals surface area contributed by atoms with Gasteiger partial charge in [0.1, 0.15) is 12.2 Å². The van der Waals surface area contributed by atoms with Gasteiger partial charge in [0.15, 0.2) is 0 Å². The summed E-state index contributed by atoms with van der Waals surface area (Å²) in [5.74, 6) is 1.01. The lowest BCUT2D eigenvalue weighted by atomic mass is 10.0. The normalized spacial score (nSPS) is 12.6. The van der Waals surface area contributed by atoms with Crippen LogP contribution in [0.2, 0.25) is 0 Å². The Hall–Kier alpha value is -1.33. The van der Waals surface area contributed by atoms with Crippen LogP contribution in [0.5, 0.6) is 0 Å². The van der Waals surface area contributed by atoms with Gasteiger partial charge in [-0.05, 0) is 30.9 Å². The predicted molar refractivity (Wildman–Crippen MR) is 84.0 cm³/mol. The summed E-state index contributed by atoms with van der Waals surface area (Å²) in [7, 11) is 1.94. The Morgan fingerprint density at radius 1 is 1.35 bits per heavy atom. The van der Waals surface area contributed by atoms with Crippen LogP contribution in [0.4, 0.5) is 0 Å². The van der Waals surface area contributed by atoms with Crippen molar-refractivity contribution in [1.82, 2.24) is 20.1 Å². The van der Waals surface area contributed by atoms with E-state index >= 15 is 0 Å². The zero-order valence-corrected chi connectivity index (χ0v) is 13.2. The SMILES string of the molecule is CCCNC(Cc1ncnn1C)c1ccccc1SC. The highest BCUT2D eigenvalue weighted by molar-refractivity contribution is 7.98. The standard InChI is InChI=1S/C15H22N4S/c1-4-9-16-13(10-15-17-11-18-19(15)2)12-7-5-6-8-14(12)20-3/h5-8,11,13,16H,4,9-10H2,1-3H3. The first-order valence-electron chi connectivity index (χ1n) is 6.95. The molecule has 5 heteroatoms. The molecule has 0 bridgehead atoms. The number of aryl methyl sites for hydroxylation is 1. The van der Waals surface area contributed by atoms with Crippen molar-refractivity contribution < 1.29 is 0 Å². The molecule has 2 aromatic rings. The zero-order chi connectivity index (χ0) is 14.4. The van der Waals surface area contributed by atoms with E-state index in [9.17, 15) is 0 Å². The van der Waals surface area contributed by atoms with E-state index in [0.717, 1.165) is 25.2 Å². The first-order chi connectivity index (χ1) is 9.76. The molecule has 0 aliphatic carbocycles. The maximum absolute atomic E-state index is 4.35. The van der Waals surface area contributed by atoms with E-state index in [0.29, 0.717) is 0 Å². The molecule has 1 atom stereocenters. The van der Waals surface area contributed by atoms with Gasteiger partial charge in [-0.1, -0.05) is 25.1 Å². The number of hydrogen-bond donors (Lipinski definition) is 1. The minimum Gasteiger partial charge on any atom is -0.310 e. The largest absolute Gasteiger partial charge is 0.310 e. The maximum atomic E-state index is 4.35. The summed E-state index contributed by atoms with van der Waals surface area (Å²) >= 11 is 1.79. The van der Waals surface area contributed by atoms with Crippen molar-refractivity contribution in [3.63, 3.8) is 0 Å². The molecule has 0 amide bonds. The Bertz CT molecular complexity index is 538. The Labute approximate surface area is 125 Å². The molecule has 1 aromatic carbocycles. The van der Waals surface area contributed by atoms with Crippen LogP contribution < -0.4 is 5.32 Å². The number of thioether (sulfide) groups is 1. The third-order valence-corrected chi connectivity index (χ3v) is 4.16. The van der Waals surface area contributed by atoms with Gasteiger partial charge >= 0.3 is 0 Å². The number of aromatic nitrogens is 3. The smallest absolute Gasteiger partial charge is 0.138 e. The molecule has 0 aliphatic heterocycles. The highest BCUT2D eigenvalue weighted by Gasteiger charge is 2.17. The topological polar surface area (TPSA) is 42.7 Å². The van der Waals surface area contributed by atoms with Gasteiger partial charge in [0, 0.05) is 24.4 Å². The van der Waals surface area contributed by atoms with Crippen molar-refractivity contribution in [2.45, 2.75) is 30.7 Å². The molecule has 108 valence electrons. The molecule has 1 heterocycles. The second-order valence-corrected chi connectivity index (χ2v) is 5.60. The van der Waals surface area contributed by atoms with E-state index in [1.54, 1.807) is 18.1 Å². The second kappa shape index (κ2) is 7.45. The molecule has 20 heavy (non-hydrogen) atoms. The number of benzene rings is 1. The zero-order valence-electron chi connectivity index (χ0n) is 12.3. The lowest BCUT2D eigenvalue weighted by Gasteiger charge is -2.21. The molecule has 0 aliphatic rings. The Kier molecular flexibility index (Phi) is 5.61. The van der Waals surface area contributed by atoms with E-state index in [2.05, 4.69) is 52.8 Å². The molecule has 2 rings (SSSR count). The van der Waals surface area contributed by atoms with E-state index in [4.69, 9.17) is 0 Å². The maximum Gasteiger partial charge on any atom is 0.138 e. The van der Waals surface area contributed by atoms with Crippen LogP contribution in [0.25, 0.3) is 0 Å². The minimum absolute atomic E-state index is 0.279. The van der Waals surface area contributed by atoms with Crippen molar-refractivity contribution in [2.24, 2.45) is 7.05 Å². The van der Waals surface area contributed by atoms with Crippen molar-refractivity contribution in [3.8, 4) is 0 Å². The van der Waals surface area contributed by atoms with Crippen LogP contribution in [-0.4, -0.2) is 27.6 Å². The van der Waals surface area contributed by atoms with Crippen molar-refractivity contribution >= 4 is 11.8 Å². The molecular formula is C15H22N4S. The fourth-order valence-corrected chi connectivity index (χ4v) is 2.91. The summed E-state index contributed by atoms with van der Waals surface area (Å²) < 4.78 is 1.85. The van der Waals surface area contributed by atoms with Crippen LogP contribution in [0, 0.1) is 0 Å². The number of hydrogen-bond acceptors (Lipinski definition) is 4. The first kappa shape index (κ1) is 15.1. The van der Waals surface area contributed by atoms with Crippen LogP contribution in [-0.2, 0) is 13.5 Å². The second-order valence-electron chi connectivity index (χ2n) is 4.75. The van der Waals surface area contributed by atoms with Crippen molar-refractivity contribution in [2.75, 3.05) is 12.8 Å². The van der Waals surface area contributed by atoms with Gasteiger partial charge in [-0.2, -0.15) is 5.10 Å². The summed E-state index contributed by atoms with van der Waals surface area (Å²) in [6.07, 6.45) is 5.72. The number of nitrogens with one attached hydrogen (secondary N) is 1. The van der Waals surface area contributed by atoms with Crippen LogP contribution in [0.1, 0.15) is 30.8 Å². The summed E-state index contributed by atoms with van der Waals surface area (Å²) in [5, 5.41) is 7.79. The fourth-order valence-electron chi connectivity index (χ4n) is 2.25. The van der Waals surface area contributed by atoms with Gasteiger partial charge in [-0.15, -0.1) is 11.8 Å². The Morgan fingerprint density at radius 2 is 2.15 bits per heavy atom. The Balaban J connectivity index is 2.24.